The normalized spacial score (nSPS) is 14.1. The van der Waals surface area contributed by atoms with E-state index in [2.05, 4.69) is 220 Å². The first-order chi connectivity index (χ1) is 27.7. The highest BCUT2D eigenvalue weighted by atomic mass is 32.1. The molecule has 0 radical (unpaired) electrons. The largest absolute Gasteiger partial charge is 0.311 e. The minimum Gasteiger partial charge on any atom is -0.311 e. The van der Waals surface area contributed by atoms with E-state index in [9.17, 15) is 0 Å². The number of anilines is 6. The van der Waals surface area contributed by atoms with E-state index in [1.807, 2.05) is 11.3 Å². The molecule has 298 valence electrons. The van der Waals surface area contributed by atoms with Crippen LogP contribution in [0.4, 0.5) is 34.1 Å². The van der Waals surface area contributed by atoms with Crippen LogP contribution in [-0.2, 0) is 21.7 Å². The molecule has 0 atom stereocenters. The Hall–Kier alpha value is -5.06. The van der Waals surface area contributed by atoms with E-state index >= 15 is 0 Å². The van der Waals surface area contributed by atoms with Gasteiger partial charge in [0.2, 0.25) is 0 Å². The first-order valence-corrected chi connectivity index (χ1v) is 22.3. The highest BCUT2D eigenvalue weighted by molar-refractivity contribution is 7.17. The lowest BCUT2D eigenvalue weighted by atomic mass is 9.33. The van der Waals surface area contributed by atoms with E-state index in [4.69, 9.17) is 0 Å². The predicted molar refractivity (Wildman–Crippen MR) is 261 cm³/mol. The number of rotatable bonds is 3. The molecule has 0 aliphatic carbocycles. The lowest BCUT2D eigenvalue weighted by molar-refractivity contribution is 0.590. The number of benzene rings is 6. The molecule has 2 aliphatic heterocycles. The van der Waals surface area contributed by atoms with Crippen LogP contribution in [0.1, 0.15) is 111 Å². The van der Waals surface area contributed by atoms with Gasteiger partial charge in [0.05, 0.1) is 5.69 Å². The van der Waals surface area contributed by atoms with Crippen molar-refractivity contribution in [3.05, 3.63) is 148 Å². The molecule has 2 aliphatic rings. The predicted octanol–water partition coefficient (Wildman–Crippen LogP) is 14.1. The average molecular weight is 791 g/mol. The number of hydrogen-bond acceptors (Lipinski definition) is 3. The fourth-order valence-corrected chi connectivity index (χ4v) is 10.1. The Morgan fingerprint density at radius 1 is 0.441 bits per heavy atom. The summed E-state index contributed by atoms with van der Waals surface area (Å²) in [7, 11) is 0. The smallest absolute Gasteiger partial charge is 0.252 e. The summed E-state index contributed by atoms with van der Waals surface area (Å²) in [5.41, 5.74) is 20.7. The SMILES string of the molecule is Cc1cc2c3c(c1)N(c1ccc(C(C)(C)C)cc1-c1ccc4ccsc4c1)c1ccc(C(C)(C)C)cc1B3c1cc(C(C)(C)C)ccc1N2c1ccc(C(C)(C)C)cc1. The van der Waals surface area contributed by atoms with Gasteiger partial charge >= 0.3 is 0 Å². The molecular formula is C55H59BN2S. The van der Waals surface area contributed by atoms with Crippen LogP contribution in [0.3, 0.4) is 0 Å². The van der Waals surface area contributed by atoms with Crippen molar-refractivity contribution < 1.29 is 0 Å². The minimum absolute atomic E-state index is 0.00520. The molecule has 0 amide bonds. The molecule has 0 saturated carbocycles. The van der Waals surface area contributed by atoms with Gasteiger partial charge in [-0.25, -0.2) is 0 Å². The summed E-state index contributed by atoms with van der Waals surface area (Å²) in [4.78, 5) is 5.17. The van der Waals surface area contributed by atoms with Gasteiger partial charge in [0, 0.05) is 38.7 Å². The average Bonchev–Trinajstić information content (AvgIpc) is 3.64. The second-order valence-electron chi connectivity index (χ2n) is 21.3. The fourth-order valence-electron chi connectivity index (χ4n) is 9.27. The van der Waals surface area contributed by atoms with Crippen molar-refractivity contribution in [2.75, 3.05) is 9.80 Å². The zero-order valence-electron chi connectivity index (χ0n) is 37.4. The lowest BCUT2D eigenvalue weighted by Gasteiger charge is -2.45. The van der Waals surface area contributed by atoms with Gasteiger partial charge in [0.25, 0.3) is 6.71 Å². The Morgan fingerprint density at radius 3 is 1.49 bits per heavy atom. The zero-order valence-corrected chi connectivity index (χ0v) is 38.2. The van der Waals surface area contributed by atoms with E-state index in [0.717, 1.165) is 0 Å². The second kappa shape index (κ2) is 13.5. The van der Waals surface area contributed by atoms with Crippen LogP contribution in [-0.4, -0.2) is 6.71 Å². The Bertz CT molecular complexity index is 2780. The number of nitrogens with zero attached hydrogens (tertiary/aromatic N) is 2. The number of fused-ring (bicyclic) bond motifs is 5. The summed E-state index contributed by atoms with van der Waals surface area (Å²) in [5, 5.41) is 3.50. The zero-order chi connectivity index (χ0) is 42.0. The van der Waals surface area contributed by atoms with Gasteiger partial charge in [-0.15, -0.1) is 11.3 Å². The third-order valence-electron chi connectivity index (χ3n) is 12.8. The Labute approximate surface area is 358 Å². The van der Waals surface area contributed by atoms with Crippen LogP contribution in [0.5, 0.6) is 0 Å². The molecule has 0 bridgehead atoms. The summed E-state index contributed by atoms with van der Waals surface area (Å²) < 4.78 is 1.32. The molecule has 2 nitrogen and oxygen atoms in total. The molecule has 59 heavy (non-hydrogen) atoms. The molecule has 0 spiro atoms. The molecule has 0 saturated heterocycles. The van der Waals surface area contributed by atoms with E-state index in [-0.39, 0.29) is 28.4 Å². The highest BCUT2D eigenvalue weighted by Crippen LogP contribution is 2.49. The van der Waals surface area contributed by atoms with Gasteiger partial charge in [0.15, 0.2) is 0 Å². The monoisotopic (exact) mass is 790 g/mol. The van der Waals surface area contributed by atoms with Crippen molar-refractivity contribution in [3.8, 4) is 11.1 Å². The van der Waals surface area contributed by atoms with Gasteiger partial charge in [-0.3, -0.25) is 0 Å². The molecule has 0 N–H and O–H groups in total. The third kappa shape index (κ3) is 6.72. The van der Waals surface area contributed by atoms with Crippen molar-refractivity contribution >= 4 is 78.6 Å². The van der Waals surface area contributed by atoms with E-state index in [0.29, 0.717) is 0 Å². The highest BCUT2D eigenvalue weighted by Gasteiger charge is 2.44. The van der Waals surface area contributed by atoms with Crippen LogP contribution in [0.25, 0.3) is 21.2 Å². The summed E-state index contributed by atoms with van der Waals surface area (Å²) >= 11 is 1.82. The fraction of sp³-hybridized carbons (Fsp3) is 0.309. The van der Waals surface area contributed by atoms with Crippen LogP contribution >= 0.6 is 11.3 Å². The van der Waals surface area contributed by atoms with Crippen molar-refractivity contribution in [2.45, 2.75) is 112 Å². The van der Waals surface area contributed by atoms with E-state index in [1.54, 1.807) is 0 Å². The third-order valence-corrected chi connectivity index (χ3v) is 13.7. The van der Waals surface area contributed by atoms with Crippen molar-refractivity contribution in [1.29, 1.82) is 0 Å². The van der Waals surface area contributed by atoms with Crippen molar-refractivity contribution in [1.82, 2.24) is 0 Å². The summed E-state index contributed by atoms with van der Waals surface area (Å²) in [6.07, 6.45) is 0. The summed E-state index contributed by atoms with van der Waals surface area (Å²) in [6.45, 7) is 30.3. The first kappa shape index (κ1) is 39.4. The maximum Gasteiger partial charge on any atom is 0.252 e. The molecule has 4 heteroatoms. The topological polar surface area (TPSA) is 6.48 Å². The van der Waals surface area contributed by atoms with Gasteiger partial charge in [-0.2, -0.15) is 0 Å². The Kier molecular flexibility index (Phi) is 9.00. The van der Waals surface area contributed by atoms with Gasteiger partial charge in [-0.1, -0.05) is 138 Å². The number of hydrogen-bond donors (Lipinski definition) is 0. The standard InChI is InChI=1S/C55H59BN2S/c1-34-28-48-51-49(29-34)58(45-23-18-38(53(5,6)7)31-42(45)36-15-14-35-26-27-59-50(35)30-36)47-25-20-40(55(11,12)13)33-44(47)56(51)43-32-39(54(8,9)10)19-24-46(43)57(48)41-21-16-37(17-22-41)52(2,3)4/h14-33H,1-13H3. The van der Waals surface area contributed by atoms with Crippen molar-refractivity contribution in [2.24, 2.45) is 0 Å². The van der Waals surface area contributed by atoms with Crippen LogP contribution in [0.15, 0.2) is 121 Å². The Morgan fingerprint density at radius 2 is 0.932 bits per heavy atom. The van der Waals surface area contributed by atoms with E-state index < -0.39 is 0 Å². The lowest BCUT2D eigenvalue weighted by Crippen LogP contribution is -2.61. The summed E-state index contributed by atoms with van der Waals surface area (Å²) in [5.74, 6) is 0. The maximum absolute atomic E-state index is 2.62. The molecule has 6 aromatic carbocycles. The molecule has 3 heterocycles. The molecule has 0 unspecified atom stereocenters. The van der Waals surface area contributed by atoms with Gasteiger partial charge < -0.3 is 9.80 Å². The number of aryl methyl sites for hydroxylation is 1. The first-order valence-electron chi connectivity index (χ1n) is 21.4. The molecule has 0 fully saturated rings. The van der Waals surface area contributed by atoms with Gasteiger partial charge in [-0.05, 0) is 150 Å². The van der Waals surface area contributed by atoms with Crippen LogP contribution in [0, 0.1) is 6.92 Å². The molecular weight excluding hydrogens is 731 g/mol. The molecule has 7 aromatic rings. The van der Waals surface area contributed by atoms with Crippen LogP contribution < -0.4 is 26.2 Å². The number of thiophene rings is 1. The van der Waals surface area contributed by atoms with Gasteiger partial charge in [0.1, 0.15) is 0 Å². The van der Waals surface area contributed by atoms with Crippen LogP contribution in [0.2, 0.25) is 0 Å². The van der Waals surface area contributed by atoms with E-state index in [1.165, 1.54) is 99.5 Å². The summed E-state index contributed by atoms with van der Waals surface area (Å²) in [6, 6.07) is 45.4. The van der Waals surface area contributed by atoms with Crippen molar-refractivity contribution in [3.63, 3.8) is 0 Å². The molecule has 1 aromatic heterocycles. The second-order valence-corrected chi connectivity index (χ2v) is 22.3. The minimum atomic E-state index is -0.0164. The maximum atomic E-state index is 2.62. The Balaban J connectivity index is 1.39. The molecule has 9 rings (SSSR count). The quantitative estimate of drug-likeness (QED) is 0.165.